The third-order valence-corrected chi connectivity index (χ3v) is 9.47. The fourth-order valence-electron chi connectivity index (χ4n) is 7.10. The summed E-state index contributed by atoms with van der Waals surface area (Å²) in [4.78, 5) is 15.1. The Bertz CT molecular complexity index is 2850. The van der Waals surface area contributed by atoms with Gasteiger partial charge in [-0.05, 0) is 41.5 Å². The van der Waals surface area contributed by atoms with Crippen molar-refractivity contribution in [3.63, 3.8) is 0 Å². The lowest BCUT2D eigenvalue weighted by molar-refractivity contribution is 0.669. The summed E-state index contributed by atoms with van der Waals surface area (Å²) in [5.41, 5.74) is 10.1. The van der Waals surface area contributed by atoms with Crippen molar-refractivity contribution in [2.75, 3.05) is 0 Å². The first-order chi connectivity index (χ1) is 24.8. The molecule has 5 heteroatoms. The lowest BCUT2D eigenvalue weighted by Gasteiger charge is -2.11. The second kappa shape index (κ2) is 11.4. The monoisotopic (exact) mass is 640 g/mol. The van der Waals surface area contributed by atoms with Crippen LogP contribution >= 0.6 is 0 Å². The van der Waals surface area contributed by atoms with Crippen molar-refractivity contribution in [1.82, 2.24) is 19.5 Å². The van der Waals surface area contributed by atoms with Crippen molar-refractivity contribution >= 4 is 43.7 Å². The maximum absolute atomic E-state index is 6.31. The van der Waals surface area contributed by atoms with Gasteiger partial charge >= 0.3 is 0 Å². The van der Waals surface area contributed by atoms with Crippen molar-refractivity contribution in [3.8, 4) is 51.0 Å². The Hall–Kier alpha value is -6.85. The fourth-order valence-corrected chi connectivity index (χ4v) is 7.10. The number of aromatic nitrogens is 4. The molecule has 7 aromatic carbocycles. The van der Waals surface area contributed by atoms with E-state index in [9.17, 15) is 0 Å². The Morgan fingerprint density at radius 1 is 0.360 bits per heavy atom. The van der Waals surface area contributed by atoms with Crippen LogP contribution in [0.1, 0.15) is 0 Å². The normalized spacial score (nSPS) is 11.6. The maximum Gasteiger partial charge on any atom is 0.164 e. The molecule has 0 fully saturated rings. The first-order valence-corrected chi connectivity index (χ1v) is 16.7. The molecule has 3 heterocycles. The molecule has 10 aromatic rings. The van der Waals surface area contributed by atoms with Gasteiger partial charge in [0.25, 0.3) is 0 Å². The van der Waals surface area contributed by atoms with Crippen LogP contribution in [0.25, 0.3) is 94.7 Å². The Morgan fingerprint density at radius 2 is 0.880 bits per heavy atom. The minimum Gasteiger partial charge on any atom is -0.456 e. The molecule has 0 atom stereocenters. The third-order valence-electron chi connectivity index (χ3n) is 9.47. The average molecular weight is 641 g/mol. The number of benzene rings is 7. The summed E-state index contributed by atoms with van der Waals surface area (Å²) in [5, 5.41) is 4.51. The quantitative estimate of drug-likeness (QED) is 0.188. The van der Waals surface area contributed by atoms with E-state index in [2.05, 4.69) is 120 Å². The molecule has 0 bridgehead atoms. The van der Waals surface area contributed by atoms with Crippen LogP contribution in [0, 0.1) is 0 Å². The molecule has 3 aromatic heterocycles. The molecule has 50 heavy (non-hydrogen) atoms. The molecule has 10 rings (SSSR count). The highest BCUT2D eigenvalue weighted by Crippen LogP contribution is 2.39. The van der Waals surface area contributed by atoms with E-state index in [1.54, 1.807) is 0 Å². The van der Waals surface area contributed by atoms with Crippen molar-refractivity contribution in [1.29, 1.82) is 0 Å². The highest BCUT2D eigenvalue weighted by atomic mass is 16.3. The first kappa shape index (κ1) is 28.2. The summed E-state index contributed by atoms with van der Waals surface area (Å²) in [6.45, 7) is 0. The number of hydrogen-bond acceptors (Lipinski definition) is 4. The van der Waals surface area contributed by atoms with Crippen LogP contribution in [0.5, 0.6) is 0 Å². The van der Waals surface area contributed by atoms with Gasteiger partial charge in [0.1, 0.15) is 11.2 Å². The summed E-state index contributed by atoms with van der Waals surface area (Å²) in [6.07, 6.45) is 0. The Balaban J connectivity index is 1.19. The molecule has 0 aliphatic heterocycles. The zero-order valence-corrected chi connectivity index (χ0v) is 26.9. The average Bonchev–Trinajstić information content (AvgIpc) is 3.74. The molecule has 5 nitrogen and oxygen atoms in total. The standard InChI is InChI=1S/C45H28N4O/c1-3-12-29(13-4-1)30-22-24-32(25-23-30)44-46-43(31-14-5-2-6-15-31)47-45(48-44)33-26-27-35-34-16-7-9-18-37(34)49(39(35)28-33)38-19-11-21-41-42(38)36-17-8-10-20-40(36)50-41/h1-28H. The summed E-state index contributed by atoms with van der Waals surface area (Å²) in [7, 11) is 0. The van der Waals surface area contributed by atoms with Gasteiger partial charge in [-0.1, -0.05) is 140 Å². The van der Waals surface area contributed by atoms with Gasteiger partial charge in [0.2, 0.25) is 0 Å². The summed E-state index contributed by atoms with van der Waals surface area (Å²) < 4.78 is 8.66. The van der Waals surface area contributed by atoms with Crippen molar-refractivity contribution < 1.29 is 4.42 Å². The van der Waals surface area contributed by atoms with Crippen LogP contribution in [-0.2, 0) is 0 Å². The van der Waals surface area contributed by atoms with Crippen molar-refractivity contribution in [2.45, 2.75) is 0 Å². The van der Waals surface area contributed by atoms with E-state index in [1.165, 1.54) is 10.9 Å². The Labute approximate surface area is 287 Å². The predicted molar refractivity (Wildman–Crippen MR) is 203 cm³/mol. The summed E-state index contributed by atoms with van der Waals surface area (Å²) >= 11 is 0. The van der Waals surface area contributed by atoms with Crippen LogP contribution in [0.2, 0.25) is 0 Å². The Kier molecular flexibility index (Phi) is 6.42. The van der Waals surface area contributed by atoms with Crippen molar-refractivity contribution in [3.05, 3.63) is 170 Å². The van der Waals surface area contributed by atoms with Crippen molar-refractivity contribution in [2.24, 2.45) is 0 Å². The lowest BCUT2D eigenvalue weighted by atomic mass is 10.0. The second-order valence-corrected chi connectivity index (χ2v) is 12.4. The molecule has 0 saturated heterocycles. The number of para-hydroxylation sites is 2. The lowest BCUT2D eigenvalue weighted by Crippen LogP contribution is -2.00. The zero-order valence-electron chi connectivity index (χ0n) is 26.9. The largest absolute Gasteiger partial charge is 0.456 e. The van der Waals surface area contributed by atoms with E-state index < -0.39 is 0 Å². The topological polar surface area (TPSA) is 56.7 Å². The number of nitrogens with zero attached hydrogens (tertiary/aromatic N) is 4. The Morgan fingerprint density at radius 3 is 1.64 bits per heavy atom. The molecule has 0 unspecified atom stereocenters. The minimum atomic E-state index is 0.617. The highest BCUT2D eigenvalue weighted by molar-refractivity contribution is 6.14. The minimum absolute atomic E-state index is 0.617. The molecule has 0 aliphatic carbocycles. The molecule has 0 radical (unpaired) electrons. The predicted octanol–water partition coefficient (Wildman–Crippen LogP) is 11.5. The van der Waals surface area contributed by atoms with E-state index in [4.69, 9.17) is 19.4 Å². The van der Waals surface area contributed by atoms with E-state index in [0.29, 0.717) is 17.5 Å². The van der Waals surface area contributed by atoms with Crippen LogP contribution in [-0.4, -0.2) is 19.5 Å². The van der Waals surface area contributed by atoms with Crippen LogP contribution in [0.3, 0.4) is 0 Å². The zero-order chi connectivity index (χ0) is 33.0. The fraction of sp³-hybridized carbons (Fsp3) is 0. The molecule has 0 spiro atoms. The third kappa shape index (κ3) is 4.60. The molecule has 0 aliphatic rings. The summed E-state index contributed by atoms with van der Waals surface area (Å²) in [6, 6.07) is 58.6. The molecular weight excluding hydrogens is 613 g/mol. The molecule has 0 saturated carbocycles. The summed E-state index contributed by atoms with van der Waals surface area (Å²) in [5.74, 6) is 1.88. The number of rotatable bonds is 5. The SMILES string of the molecule is c1ccc(-c2ccc(-c3nc(-c4ccccc4)nc(-c4ccc5c6ccccc6n(-c6cccc7oc8ccccc8c67)c5c4)n3)cc2)cc1. The van der Waals surface area contributed by atoms with Gasteiger partial charge in [-0.2, -0.15) is 0 Å². The van der Waals surface area contributed by atoms with Gasteiger partial charge < -0.3 is 8.98 Å². The maximum atomic E-state index is 6.31. The van der Waals surface area contributed by atoms with Gasteiger partial charge in [0.05, 0.1) is 22.1 Å². The van der Waals surface area contributed by atoms with Crippen LogP contribution < -0.4 is 0 Å². The van der Waals surface area contributed by atoms with Crippen LogP contribution in [0.15, 0.2) is 174 Å². The van der Waals surface area contributed by atoms with E-state index in [0.717, 1.165) is 66.3 Å². The second-order valence-electron chi connectivity index (χ2n) is 12.4. The molecule has 234 valence electrons. The first-order valence-electron chi connectivity index (χ1n) is 16.7. The van der Waals surface area contributed by atoms with E-state index in [-0.39, 0.29) is 0 Å². The molecular formula is C45H28N4O. The van der Waals surface area contributed by atoms with E-state index in [1.807, 2.05) is 54.6 Å². The number of fused-ring (bicyclic) bond motifs is 6. The number of hydrogen-bond donors (Lipinski definition) is 0. The van der Waals surface area contributed by atoms with Crippen LogP contribution in [0.4, 0.5) is 0 Å². The van der Waals surface area contributed by atoms with Gasteiger partial charge in [-0.3, -0.25) is 0 Å². The van der Waals surface area contributed by atoms with Gasteiger partial charge in [-0.15, -0.1) is 0 Å². The molecule has 0 amide bonds. The highest BCUT2D eigenvalue weighted by Gasteiger charge is 2.19. The van der Waals surface area contributed by atoms with E-state index >= 15 is 0 Å². The van der Waals surface area contributed by atoms with Gasteiger partial charge in [-0.25, -0.2) is 15.0 Å². The number of furan rings is 1. The smallest absolute Gasteiger partial charge is 0.164 e. The molecule has 0 N–H and O–H groups in total. The van der Waals surface area contributed by atoms with Gasteiger partial charge in [0, 0.05) is 32.8 Å². The van der Waals surface area contributed by atoms with Gasteiger partial charge in [0.15, 0.2) is 17.5 Å².